The molecule has 8 aliphatic rings. The van der Waals surface area contributed by atoms with Gasteiger partial charge in [-0.3, -0.25) is 0 Å². The van der Waals surface area contributed by atoms with Gasteiger partial charge in [-0.2, -0.15) is 5.26 Å². The van der Waals surface area contributed by atoms with Gasteiger partial charge < -0.3 is 9.13 Å². The van der Waals surface area contributed by atoms with Crippen molar-refractivity contribution in [2.24, 2.45) is 35.5 Å². The SMILES string of the molecule is N#Cc1cc(-c2nc(C34CC5CC(CC(C5)C3)C4)nc(C34CC5CC(CC(C5)C3)C4)n2)ccc1-n1c2ccccc2c2c3c4ccccc4n(-c4ccccc4)c3ccc21. The Morgan fingerprint density at radius 1 is 0.483 bits per heavy atom. The molecule has 3 aromatic heterocycles. The first kappa shape index (κ1) is 34.0. The molecule has 0 spiro atoms. The second-order valence-electron chi connectivity index (χ2n) is 20.4. The van der Waals surface area contributed by atoms with Crippen molar-refractivity contribution in [3.8, 4) is 28.8 Å². The summed E-state index contributed by atoms with van der Waals surface area (Å²) in [5, 5.41) is 15.9. The maximum atomic E-state index is 11.1. The molecule has 0 atom stereocenters. The Morgan fingerprint density at radius 3 is 1.47 bits per heavy atom. The lowest BCUT2D eigenvalue weighted by Crippen LogP contribution is -2.51. The molecule has 8 fully saturated rings. The van der Waals surface area contributed by atoms with Crippen LogP contribution in [0.3, 0.4) is 0 Å². The van der Waals surface area contributed by atoms with Gasteiger partial charge in [-0.15, -0.1) is 0 Å². The maximum absolute atomic E-state index is 11.1. The molecule has 8 saturated carbocycles. The van der Waals surface area contributed by atoms with Crippen LogP contribution >= 0.6 is 0 Å². The van der Waals surface area contributed by atoms with Crippen LogP contribution in [-0.4, -0.2) is 24.1 Å². The van der Waals surface area contributed by atoms with Gasteiger partial charge in [0, 0.05) is 43.6 Å². The number of aromatic nitrogens is 5. The van der Waals surface area contributed by atoms with Crippen LogP contribution in [0.4, 0.5) is 0 Å². The Bertz CT molecular complexity index is 3010. The molecule has 6 nitrogen and oxygen atoms in total. The van der Waals surface area contributed by atoms with Crippen molar-refractivity contribution >= 4 is 43.6 Å². The Hall–Kier alpha value is -5.80. The third-order valence-electron chi connectivity index (χ3n) is 16.8. The fourth-order valence-electron chi connectivity index (χ4n) is 15.3. The first-order valence-corrected chi connectivity index (χ1v) is 22.8. The number of nitriles is 1. The summed E-state index contributed by atoms with van der Waals surface area (Å²) in [7, 11) is 0. The third kappa shape index (κ3) is 4.72. The minimum atomic E-state index is 0.0689. The minimum Gasteiger partial charge on any atom is -0.309 e. The van der Waals surface area contributed by atoms with Crippen LogP contribution in [0, 0.1) is 46.8 Å². The fraction of sp³-hybridized carbons (Fsp3) is 0.370. The summed E-state index contributed by atoms with van der Waals surface area (Å²) in [5.74, 6) is 7.82. The summed E-state index contributed by atoms with van der Waals surface area (Å²) in [6.07, 6.45) is 15.8. The quantitative estimate of drug-likeness (QED) is 0.174. The summed E-state index contributed by atoms with van der Waals surface area (Å²) in [5.41, 5.74) is 8.28. The van der Waals surface area contributed by atoms with Crippen molar-refractivity contribution in [2.45, 2.75) is 87.9 Å². The topological polar surface area (TPSA) is 72.3 Å². The second-order valence-corrected chi connectivity index (χ2v) is 20.4. The molecule has 5 aromatic carbocycles. The molecule has 0 saturated heterocycles. The zero-order chi connectivity index (χ0) is 39.3. The zero-order valence-electron chi connectivity index (χ0n) is 34.0. The number of hydrogen-bond donors (Lipinski definition) is 0. The van der Waals surface area contributed by atoms with E-state index in [1.165, 1.54) is 110 Å². The van der Waals surface area contributed by atoms with Crippen LogP contribution in [0.5, 0.6) is 0 Å². The highest BCUT2D eigenvalue weighted by molar-refractivity contribution is 6.28. The lowest BCUT2D eigenvalue weighted by molar-refractivity contribution is -0.0155. The lowest BCUT2D eigenvalue weighted by Gasteiger charge is -2.57. The van der Waals surface area contributed by atoms with E-state index in [0.717, 1.165) is 81.0 Å². The van der Waals surface area contributed by atoms with Gasteiger partial charge in [-0.1, -0.05) is 54.6 Å². The Balaban J connectivity index is 0.958. The van der Waals surface area contributed by atoms with Crippen molar-refractivity contribution in [3.05, 3.63) is 126 Å². The lowest BCUT2D eigenvalue weighted by atomic mass is 9.49. The van der Waals surface area contributed by atoms with E-state index in [0.29, 0.717) is 5.56 Å². The number of para-hydroxylation sites is 3. The second kappa shape index (κ2) is 12.2. The van der Waals surface area contributed by atoms with Gasteiger partial charge in [0.25, 0.3) is 0 Å². The van der Waals surface area contributed by atoms with Crippen LogP contribution in [0.25, 0.3) is 66.4 Å². The monoisotopic (exact) mass is 780 g/mol. The zero-order valence-corrected chi connectivity index (χ0v) is 34.0. The van der Waals surface area contributed by atoms with E-state index in [-0.39, 0.29) is 10.8 Å². The highest BCUT2D eigenvalue weighted by Crippen LogP contribution is 2.62. The molecular formula is C54H48N6. The fourth-order valence-corrected chi connectivity index (χ4v) is 15.3. The van der Waals surface area contributed by atoms with Crippen LogP contribution in [0.15, 0.2) is 109 Å². The van der Waals surface area contributed by atoms with Gasteiger partial charge in [0.2, 0.25) is 0 Å². The predicted molar refractivity (Wildman–Crippen MR) is 238 cm³/mol. The smallest absolute Gasteiger partial charge is 0.163 e. The highest BCUT2D eigenvalue weighted by atomic mass is 15.1. The Labute approximate surface area is 350 Å². The number of benzene rings is 5. The van der Waals surface area contributed by atoms with Gasteiger partial charge in [0.05, 0.1) is 33.3 Å². The summed E-state index contributed by atoms with van der Waals surface area (Å²) in [6, 6.07) is 41.7. The van der Waals surface area contributed by atoms with Crippen LogP contribution in [0.1, 0.15) is 94.3 Å². The summed E-state index contributed by atoms with van der Waals surface area (Å²) < 4.78 is 4.70. The molecule has 0 radical (unpaired) electrons. The van der Waals surface area contributed by atoms with Gasteiger partial charge in [-0.25, -0.2) is 15.0 Å². The van der Waals surface area contributed by atoms with Crippen molar-refractivity contribution in [3.63, 3.8) is 0 Å². The molecule has 6 heteroatoms. The number of rotatable bonds is 5. The molecule has 3 heterocycles. The molecule has 8 aliphatic carbocycles. The predicted octanol–water partition coefficient (Wildman–Crippen LogP) is 12.5. The van der Waals surface area contributed by atoms with Crippen LogP contribution in [-0.2, 0) is 10.8 Å². The standard InChI is InChI=1S/C54H48N6/c55-31-39-24-38(50-56-51(53-25-32-18-33(26-53)20-34(19-32)27-53)58-52(57-50)54-28-35-21-36(29-54)23-37(22-35)30-54)14-15-43(39)60-45-13-7-5-11-42(45)49-47(60)17-16-46-48(49)41-10-4-6-12-44(41)59(46)40-8-2-1-3-9-40/h1-17,24,32-37H,18-23,25-30H2. The molecule has 0 aliphatic heterocycles. The molecule has 16 rings (SSSR count). The van der Waals surface area contributed by atoms with Crippen molar-refractivity contribution in [1.82, 2.24) is 24.1 Å². The highest BCUT2D eigenvalue weighted by Gasteiger charge is 2.56. The molecular weight excluding hydrogens is 733 g/mol. The maximum Gasteiger partial charge on any atom is 0.163 e. The van der Waals surface area contributed by atoms with E-state index in [9.17, 15) is 5.26 Å². The Morgan fingerprint density at radius 2 is 0.950 bits per heavy atom. The van der Waals surface area contributed by atoms with E-state index in [4.69, 9.17) is 15.0 Å². The van der Waals surface area contributed by atoms with E-state index < -0.39 is 0 Å². The van der Waals surface area contributed by atoms with Crippen LogP contribution in [0.2, 0.25) is 0 Å². The Kier molecular flexibility index (Phi) is 6.88. The number of fused-ring (bicyclic) bond motifs is 7. The minimum absolute atomic E-state index is 0.0689. The summed E-state index contributed by atoms with van der Waals surface area (Å²) in [4.78, 5) is 16.8. The molecule has 0 N–H and O–H groups in total. The summed E-state index contributed by atoms with van der Waals surface area (Å²) >= 11 is 0. The average molecular weight is 781 g/mol. The number of hydrogen-bond acceptors (Lipinski definition) is 4. The van der Waals surface area contributed by atoms with Gasteiger partial charge in [0.15, 0.2) is 5.82 Å². The van der Waals surface area contributed by atoms with Crippen LogP contribution < -0.4 is 0 Å². The summed E-state index contributed by atoms with van der Waals surface area (Å²) in [6.45, 7) is 0. The van der Waals surface area contributed by atoms with E-state index in [2.05, 4.69) is 124 Å². The van der Waals surface area contributed by atoms with E-state index in [1.807, 2.05) is 0 Å². The molecule has 60 heavy (non-hydrogen) atoms. The molecule has 0 unspecified atom stereocenters. The molecule has 8 bridgehead atoms. The van der Waals surface area contributed by atoms with Gasteiger partial charge in [0.1, 0.15) is 17.7 Å². The first-order chi connectivity index (χ1) is 29.5. The normalized spacial score (nSPS) is 30.0. The average Bonchev–Trinajstić information content (AvgIpc) is 3.78. The third-order valence-corrected chi connectivity index (χ3v) is 16.8. The first-order valence-electron chi connectivity index (χ1n) is 22.8. The molecule has 294 valence electrons. The van der Waals surface area contributed by atoms with Crippen molar-refractivity contribution in [2.75, 3.05) is 0 Å². The van der Waals surface area contributed by atoms with Crippen molar-refractivity contribution < 1.29 is 0 Å². The molecule has 0 amide bonds. The number of nitrogens with zero attached hydrogens (tertiary/aromatic N) is 6. The van der Waals surface area contributed by atoms with Crippen molar-refractivity contribution in [1.29, 1.82) is 5.26 Å². The van der Waals surface area contributed by atoms with Gasteiger partial charge in [-0.05, 0) is 167 Å². The molecule has 8 aromatic rings. The van der Waals surface area contributed by atoms with E-state index in [1.54, 1.807) is 0 Å². The van der Waals surface area contributed by atoms with Gasteiger partial charge >= 0.3 is 0 Å². The largest absolute Gasteiger partial charge is 0.309 e. The van der Waals surface area contributed by atoms with E-state index >= 15 is 0 Å².